The number of aliphatic carboxylic acids is 1. The summed E-state index contributed by atoms with van der Waals surface area (Å²) in [5.41, 5.74) is 0.999. The number of hydrogen-bond acceptors (Lipinski definition) is 2. The Morgan fingerprint density at radius 2 is 1.76 bits per heavy atom. The van der Waals surface area contributed by atoms with Crippen LogP contribution in [0, 0.1) is 18.8 Å². The van der Waals surface area contributed by atoms with Crippen LogP contribution in [-0.4, -0.2) is 16.9 Å². The van der Waals surface area contributed by atoms with E-state index in [-0.39, 0.29) is 12.2 Å². The molecule has 90 valence electrons. The van der Waals surface area contributed by atoms with E-state index in [1.807, 2.05) is 30.3 Å². The molecule has 0 radical (unpaired) electrons. The lowest BCUT2D eigenvalue weighted by molar-refractivity contribution is -0.140. The van der Waals surface area contributed by atoms with Gasteiger partial charge >= 0.3 is 5.97 Å². The number of hydrogen-bond donors (Lipinski definition) is 1. The highest BCUT2D eigenvalue weighted by atomic mass is 16.4. The number of rotatable bonds is 5. The van der Waals surface area contributed by atoms with Gasteiger partial charge in [0.25, 0.3) is 0 Å². The lowest BCUT2D eigenvalue weighted by Gasteiger charge is -2.10. The molecule has 0 saturated heterocycles. The van der Waals surface area contributed by atoms with Gasteiger partial charge in [-0.1, -0.05) is 30.3 Å². The lowest BCUT2D eigenvalue weighted by Crippen LogP contribution is -2.18. The molecule has 0 aliphatic heterocycles. The Hall–Kier alpha value is -2.08. The summed E-state index contributed by atoms with van der Waals surface area (Å²) in [7, 11) is 0. The van der Waals surface area contributed by atoms with Gasteiger partial charge in [0.05, 0.1) is 6.42 Å². The fourth-order valence-electron chi connectivity index (χ4n) is 1.47. The molecular weight excluding hydrogens is 216 g/mol. The van der Waals surface area contributed by atoms with E-state index in [0.29, 0.717) is 6.42 Å². The van der Waals surface area contributed by atoms with E-state index in [0.717, 1.165) is 5.56 Å². The molecule has 1 rings (SSSR count). The topological polar surface area (TPSA) is 54.4 Å². The van der Waals surface area contributed by atoms with Gasteiger partial charge in [0.1, 0.15) is 5.78 Å². The van der Waals surface area contributed by atoms with Crippen LogP contribution in [-0.2, 0) is 16.0 Å². The van der Waals surface area contributed by atoms with Crippen molar-refractivity contribution in [1.29, 1.82) is 0 Å². The lowest BCUT2D eigenvalue weighted by atomic mass is 9.93. The number of benzene rings is 1. The first-order valence-electron chi connectivity index (χ1n) is 5.19. The van der Waals surface area contributed by atoms with E-state index in [9.17, 15) is 9.59 Å². The summed E-state index contributed by atoms with van der Waals surface area (Å²) < 4.78 is 0. The Morgan fingerprint density at radius 3 is 2.18 bits per heavy atom. The maximum absolute atomic E-state index is 11.2. The fourth-order valence-corrected chi connectivity index (χ4v) is 1.47. The number of terminal acetylenes is 1. The van der Waals surface area contributed by atoms with Crippen LogP contribution in [0.5, 0.6) is 0 Å². The number of carbonyl (C=O) groups is 2. The number of Topliss-reactive ketones (excluding diaryl/α,β-unsaturated/α-hetero) is 1. The van der Waals surface area contributed by atoms with Gasteiger partial charge in [-0.2, -0.15) is 0 Å². The maximum atomic E-state index is 11.2. The highest BCUT2D eigenvalue weighted by molar-refractivity contribution is 5.83. The first kappa shape index (κ1) is 14.9. The van der Waals surface area contributed by atoms with Gasteiger partial charge in [0, 0.05) is 5.92 Å². The van der Waals surface area contributed by atoms with Crippen molar-refractivity contribution in [2.45, 2.75) is 19.8 Å². The molecule has 3 heteroatoms. The molecule has 17 heavy (non-hydrogen) atoms. The van der Waals surface area contributed by atoms with Gasteiger partial charge in [-0.25, -0.2) is 0 Å². The zero-order chi connectivity index (χ0) is 13.3. The second kappa shape index (κ2) is 8.12. The summed E-state index contributed by atoms with van der Waals surface area (Å²) in [6.45, 7) is 1.44. The van der Waals surface area contributed by atoms with Crippen LogP contribution in [0.2, 0.25) is 0 Å². The smallest absolute Gasteiger partial charge is 0.304 e. The van der Waals surface area contributed by atoms with Gasteiger partial charge in [-0.15, -0.1) is 12.8 Å². The number of ketones is 1. The highest BCUT2D eigenvalue weighted by Gasteiger charge is 2.18. The monoisotopic (exact) mass is 232 g/mol. The molecule has 0 spiro atoms. The van der Waals surface area contributed by atoms with Crippen LogP contribution in [0.25, 0.3) is 0 Å². The standard InChI is InChI=1S/C12H14O3.C2H2/c1-9(13)11(8-12(14)15)7-10-5-3-2-4-6-10;1-2/h2-6,11H,7-8H2,1H3,(H,14,15);1-2H/t11-;/m1./s1. The van der Waals surface area contributed by atoms with Crippen LogP contribution < -0.4 is 0 Å². The van der Waals surface area contributed by atoms with Crippen LogP contribution in [0.15, 0.2) is 30.3 Å². The van der Waals surface area contributed by atoms with Crippen molar-refractivity contribution >= 4 is 11.8 Å². The predicted molar refractivity (Wildman–Crippen MR) is 66.5 cm³/mol. The molecule has 1 aromatic carbocycles. The van der Waals surface area contributed by atoms with Crippen LogP contribution in [0.1, 0.15) is 18.9 Å². The minimum atomic E-state index is -0.925. The molecule has 1 aromatic rings. The second-order valence-corrected chi connectivity index (χ2v) is 3.60. The third-order valence-electron chi connectivity index (χ3n) is 2.32. The number of carboxylic acids is 1. The molecule has 0 aliphatic carbocycles. The molecule has 1 N–H and O–H groups in total. The average Bonchev–Trinajstić information content (AvgIpc) is 2.31. The average molecular weight is 232 g/mol. The summed E-state index contributed by atoms with van der Waals surface area (Å²) in [4.78, 5) is 21.8. The minimum Gasteiger partial charge on any atom is -0.481 e. The summed E-state index contributed by atoms with van der Waals surface area (Å²) in [5.74, 6) is -1.41. The molecule has 0 aromatic heterocycles. The fraction of sp³-hybridized carbons (Fsp3) is 0.286. The van der Waals surface area contributed by atoms with Crippen molar-refractivity contribution in [3.8, 4) is 12.8 Å². The first-order valence-corrected chi connectivity index (χ1v) is 5.19. The SMILES string of the molecule is C#C.CC(=O)[C@@H](CC(=O)O)Cc1ccccc1. The van der Waals surface area contributed by atoms with Gasteiger partial charge in [-0.05, 0) is 18.9 Å². The normalized spacial score (nSPS) is 10.8. The van der Waals surface area contributed by atoms with Gasteiger partial charge in [-0.3, -0.25) is 9.59 Å². The molecule has 3 nitrogen and oxygen atoms in total. The molecular formula is C14H16O3. The second-order valence-electron chi connectivity index (χ2n) is 3.60. The first-order chi connectivity index (χ1) is 8.09. The van der Waals surface area contributed by atoms with E-state index in [4.69, 9.17) is 5.11 Å². The summed E-state index contributed by atoms with van der Waals surface area (Å²) in [6.07, 6.45) is 8.41. The molecule has 0 saturated carbocycles. The molecule has 0 bridgehead atoms. The van der Waals surface area contributed by atoms with Crippen LogP contribution in [0.4, 0.5) is 0 Å². The quantitative estimate of drug-likeness (QED) is 0.791. The Morgan fingerprint density at radius 1 is 1.24 bits per heavy atom. The molecule has 0 amide bonds. The van der Waals surface area contributed by atoms with Crippen molar-refractivity contribution in [2.75, 3.05) is 0 Å². The van der Waals surface area contributed by atoms with Crippen molar-refractivity contribution in [1.82, 2.24) is 0 Å². The van der Waals surface area contributed by atoms with Crippen LogP contribution in [0.3, 0.4) is 0 Å². The van der Waals surface area contributed by atoms with E-state index >= 15 is 0 Å². The van der Waals surface area contributed by atoms with E-state index in [1.165, 1.54) is 6.92 Å². The van der Waals surface area contributed by atoms with Crippen molar-refractivity contribution in [3.63, 3.8) is 0 Å². The third kappa shape index (κ3) is 6.16. The molecule has 0 aliphatic rings. The maximum Gasteiger partial charge on any atom is 0.304 e. The molecule has 0 unspecified atom stereocenters. The molecule has 1 atom stereocenters. The number of carbonyl (C=O) groups excluding carboxylic acids is 1. The van der Waals surface area contributed by atoms with Crippen LogP contribution >= 0.6 is 0 Å². The Bertz CT molecular complexity index is 379. The summed E-state index contributed by atoms with van der Waals surface area (Å²) in [6, 6.07) is 9.46. The highest BCUT2D eigenvalue weighted by Crippen LogP contribution is 2.13. The van der Waals surface area contributed by atoms with E-state index < -0.39 is 11.9 Å². The molecule has 0 heterocycles. The van der Waals surface area contributed by atoms with Gasteiger partial charge < -0.3 is 5.11 Å². The minimum absolute atomic E-state index is 0.0683. The number of carboxylic acid groups (broad SMARTS) is 1. The summed E-state index contributed by atoms with van der Waals surface area (Å²) >= 11 is 0. The zero-order valence-electron chi connectivity index (χ0n) is 9.80. The Balaban J connectivity index is 0.00000121. The zero-order valence-corrected chi connectivity index (χ0v) is 9.80. The Kier molecular flexibility index (Phi) is 7.12. The Labute approximate surface area is 101 Å². The van der Waals surface area contributed by atoms with Crippen molar-refractivity contribution < 1.29 is 14.7 Å². The van der Waals surface area contributed by atoms with Gasteiger partial charge in [0.2, 0.25) is 0 Å². The van der Waals surface area contributed by atoms with Crippen molar-refractivity contribution in [3.05, 3.63) is 35.9 Å². The van der Waals surface area contributed by atoms with E-state index in [2.05, 4.69) is 12.8 Å². The van der Waals surface area contributed by atoms with Gasteiger partial charge in [0.15, 0.2) is 0 Å². The molecule has 0 fully saturated rings. The summed E-state index contributed by atoms with van der Waals surface area (Å²) in [5, 5.41) is 8.66. The predicted octanol–water partition coefficient (Wildman–Crippen LogP) is 2.16. The van der Waals surface area contributed by atoms with E-state index in [1.54, 1.807) is 0 Å². The third-order valence-corrected chi connectivity index (χ3v) is 2.32. The van der Waals surface area contributed by atoms with Crippen molar-refractivity contribution in [2.24, 2.45) is 5.92 Å². The largest absolute Gasteiger partial charge is 0.481 e.